The van der Waals surface area contributed by atoms with Gasteiger partial charge in [0.25, 0.3) is 0 Å². The number of hydrogen-bond acceptors (Lipinski definition) is 4. The quantitative estimate of drug-likeness (QED) is 0.305. The van der Waals surface area contributed by atoms with Crippen LogP contribution in [-0.2, 0) is 0 Å². The molecule has 10 heteroatoms. The predicted molar refractivity (Wildman–Crippen MR) is 151 cm³/mol. The number of aromatic nitrogens is 3. The van der Waals surface area contributed by atoms with Crippen molar-refractivity contribution < 1.29 is 9.18 Å². The van der Waals surface area contributed by atoms with Crippen molar-refractivity contribution in [2.45, 2.75) is 69.2 Å². The highest BCUT2D eigenvalue weighted by Gasteiger charge is 2.55. The zero-order chi connectivity index (χ0) is 26.7. The molecule has 8 nitrogen and oxygen atoms in total. The van der Waals surface area contributed by atoms with Gasteiger partial charge in [0.2, 0.25) is 0 Å². The molecule has 2 saturated heterocycles. The number of carbonyl (C=O) groups excluding carboxylic acids is 1. The van der Waals surface area contributed by atoms with Gasteiger partial charge in [-0.1, -0.05) is 21.4 Å². The van der Waals surface area contributed by atoms with Crippen LogP contribution in [0.4, 0.5) is 9.18 Å². The molecule has 2 aliphatic heterocycles. The maximum absolute atomic E-state index is 13.7. The second kappa shape index (κ2) is 9.76. The largest absolute Gasteiger partial charge is 0.325 e. The number of likely N-dealkylation sites (tertiary alicyclic amines) is 2. The fourth-order valence-electron chi connectivity index (χ4n) is 6.91. The Balaban J connectivity index is 0.939. The SMILES string of the molecule is N=C(N=C(P)[C@H](c1ccc(F)cc1)C1CCN(C(=O)N2CC3(CC(n4cnc(C5CC5)n4)C3)C2)CC1)C1CC1. The van der Waals surface area contributed by atoms with Crippen LogP contribution in [0.3, 0.4) is 0 Å². The van der Waals surface area contributed by atoms with E-state index in [1.54, 1.807) is 0 Å². The van der Waals surface area contributed by atoms with Gasteiger partial charge in [0.05, 0.1) is 6.04 Å². The number of carbonyl (C=O) groups is 1. The molecule has 1 spiro atoms. The molecule has 3 aliphatic carbocycles. The average molecular weight is 550 g/mol. The molecular formula is C29H37FN7OP. The molecule has 0 radical (unpaired) electrons. The number of piperidine rings is 1. The normalized spacial score (nSPS) is 24.4. The lowest BCUT2D eigenvalue weighted by Gasteiger charge is -2.59. The van der Waals surface area contributed by atoms with Crippen molar-refractivity contribution in [2.75, 3.05) is 26.2 Å². The molecule has 39 heavy (non-hydrogen) atoms. The molecule has 5 aliphatic rings. The number of benzene rings is 1. The van der Waals surface area contributed by atoms with Gasteiger partial charge in [0.1, 0.15) is 18.0 Å². The lowest BCUT2D eigenvalue weighted by molar-refractivity contribution is -0.0750. The van der Waals surface area contributed by atoms with E-state index in [1.807, 2.05) is 28.3 Å². The molecule has 3 saturated carbocycles. The van der Waals surface area contributed by atoms with Crippen LogP contribution in [0, 0.1) is 28.5 Å². The number of nitrogens with one attached hydrogen (secondary N) is 1. The summed E-state index contributed by atoms with van der Waals surface area (Å²) in [4.78, 5) is 26.5. The van der Waals surface area contributed by atoms with E-state index in [1.165, 1.54) is 25.0 Å². The summed E-state index contributed by atoms with van der Waals surface area (Å²) in [5.74, 6) is 2.38. The van der Waals surface area contributed by atoms with Gasteiger partial charge in [-0.2, -0.15) is 5.10 Å². The molecule has 2 atom stereocenters. The number of halogens is 1. The summed E-state index contributed by atoms with van der Waals surface area (Å²) in [6.45, 7) is 3.12. The Kier molecular flexibility index (Phi) is 6.33. The molecule has 206 valence electrons. The van der Waals surface area contributed by atoms with Crippen LogP contribution in [0.25, 0.3) is 0 Å². The van der Waals surface area contributed by atoms with E-state index in [9.17, 15) is 9.18 Å². The van der Waals surface area contributed by atoms with Crippen LogP contribution in [0.5, 0.6) is 0 Å². The Morgan fingerprint density at radius 2 is 1.74 bits per heavy atom. The maximum Gasteiger partial charge on any atom is 0.320 e. The third-order valence-electron chi connectivity index (χ3n) is 9.55. The molecule has 1 aromatic carbocycles. The average Bonchev–Trinajstić information content (AvgIpc) is 3.82. The summed E-state index contributed by atoms with van der Waals surface area (Å²) in [5.41, 5.74) is 2.14. The van der Waals surface area contributed by atoms with Gasteiger partial charge >= 0.3 is 6.03 Å². The van der Waals surface area contributed by atoms with Crippen molar-refractivity contribution in [3.05, 3.63) is 47.8 Å². The Bertz CT molecular complexity index is 1280. The number of amides is 2. The molecular weight excluding hydrogens is 512 g/mol. The standard InChI is InChI=1S/C29H37FN7OP/c30-22-7-5-18(6-8-22)24(27(39)33-25(31)20-1-2-20)19-9-11-35(12-10-19)28(38)36-15-29(16-36)13-23(14-29)37-17-32-26(34-37)21-3-4-21/h5-8,17,19-21,23-24,31H,1-4,9-16,39H2/t24-/m1/s1. The van der Waals surface area contributed by atoms with Crippen LogP contribution in [0.2, 0.25) is 0 Å². The first-order valence-corrected chi connectivity index (χ1v) is 15.1. The van der Waals surface area contributed by atoms with E-state index in [-0.39, 0.29) is 29.1 Å². The number of hydrogen-bond donors (Lipinski definition) is 1. The van der Waals surface area contributed by atoms with Crippen LogP contribution in [0.1, 0.15) is 80.6 Å². The predicted octanol–water partition coefficient (Wildman–Crippen LogP) is 5.21. The van der Waals surface area contributed by atoms with Crippen molar-refractivity contribution in [2.24, 2.45) is 22.2 Å². The Morgan fingerprint density at radius 3 is 2.38 bits per heavy atom. The minimum Gasteiger partial charge on any atom is -0.325 e. The fourth-order valence-corrected chi connectivity index (χ4v) is 7.52. The topological polar surface area (TPSA) is 90.5 Å². The third-order valence-corrected chi connectivity index (χ3v) is 10.0. The monoisotopic (exact) mass is 549 g/mol. The van der Waals surface area contributed by atoms with Crippen molar-refractivity contribution >= 4 is 26.6 Å². The molecule has 0 bridgehead atoms. The second-order valence-electron chi connectivity index (χ2n) is 12.6. The maximum atomic E-state index is 13.7. The molecule has 1 aromatic heterocycles. The van der Waals surface area contributed by atoms with Gasteiger partial charge in [0, 0.05) is 54.8 Å². The van der Waals surface area contributed by atoms with Gasteiger partial charge in [0.15, 0.2) is 5.82 Å². The van der Waals surface area contributed by atoms with Crippen LogP contribution in [0.15, 0.2) is 35.6 Å². The van der Waals surface area contributed by atoms with Gasteiger partial charge < -0.3 is 9.80 Å². The van der Waals surface area contributed by atoms with E-state index in [0.717, 1.165) is 68.5 Å². The Hall–Kier alpha value is -2.67. The number of amidine groups is 1. The van der Waals surface area contributed by atoms with E-state index < -0.39 is 0 Å². The molecule has 3 heterocycles. The van der Waals surface area contributed by atoms with Crippen molar-refractivity contribution in [3.8, 4) is 0 Å². The van der Waals surface area contributed by atoms with Gasteiger partial charge in [-0.3, -0.25) is 5.41 Å². The van der Waals surface area contributed by atoms with E-state index in [0.29, 0.717) is 36.8 Å². The van der Waals surface area contributed by atoms with Crippen molar-refractivity contribution in [3.63, 3.8) is 0 Å². The first kappa shape index (κ1) is 25.3. The van der Waals surface area contributed by atoms with Crippen molar-refractivity contribution in [1.29, 1.82) is 5.41 Å². The third kappa shape index (κ3) is 5.03. The number of aliphatic imine (C=N–C) groups is 1. The van der Waals surface area contributed by atoms with Gasteiger partial charge in [-0.25, -0.2) is 23.8 Å². The summed E-state index contributed by atoms with van der Waals surface area (Å²) in [6.07, 6.45) is 10.3. The molecule has 7 rings (SSSR count). The molecule has 1 N–H and O–H groups in total. The zero-order valence-corrected chi connectivity index (χ0v) is 23.5. The lowest BCUT2D eigenvalue weighted by atomic mass is 9.61. The fraction of sp³-hybridized carbons (Fsp3) is 0.621. The molecule has 2 amide bonds. The second-order valence-corrected chi connectivity index (χ2v) is 13.2. The smallest absolute Gasteiger partial charge is 0.320 e. The lowest BCUT2D eigenvalue weighted by Crippen LogP contribution is -2.66. The molecule has 1 unspecified atom stereocenters. The molecule has 5 fully saturated rings. The number of rotatable bonds is 6. The highest BCUT2D eigenvalue weighted by Crippen LogP contribution is 2.54. The van der Waals surface area contributed by atoms with Crippen LogP contribution in [-0.4, -0.2) is 68.1 Å². The van der Waals surface area contributed by atoms with E-state index in [2.05, 4.69) is 23.9 Å². The van der Waals surface area contributed by atoms with E-state index >= 15 is 0 Å². The van der Waals surface area contributed by atoms with Crippen LogP contribution >= 0.6 is 9.24 Å². The van der Waals surface area contributed by atoms with Crippen molar-refractivity contribution in [1.82, 2.24) is 24.6 Å². The summed E-state index contributed by atoms with van der Waals surface area (Å²) in [6, 6.07) is 7.28. The summed E-state index contributed by atoms with van der Waals surface area (Å²) in [5, 5.41) is 13.0. The van der Waals surface area contributed by atoms with Gasteiger partial charge in [-0.05, 0) is 75.0 Å². The minimum absolute atomic E-state index is 0.00311. The number of nitrogens with zero attached hydrogens (tertiary/aromatic N) is 6. The van der Waals surface area contributed by atoms with Gasteiger partial charge in [-0.15, -0.1) is 0 Å². The zero-order valence-electron chi connectivity index (χ0n) is 22.3. The minimum atomic E-state index is -0.250. The summed E-state index contributed by atoms with van der Waals surface area (Å²) in [7, 11) is 2.76. The Morgan fingerprint density at radius 1 is 1.05 bits per heavy atom. The van der Waals surface area contributed by atoms with E-state index in [4.69, 9.17) is 10.5 Å². The first-order valence-electron chi connectivity index (χ1n) is 14.5. The number of urea groups is 1. The first-order chi connectivity index (χ1) is 18.9. The summed E-state index contributed by atoms with van der Waals surface area (Å²) >= 11 is 0. The Labute approximate surface area is 231 Å². The van der Waals surface area contributed by atoms with Crippen LogP contribution < -0.4 is 0 Å². The molecule has 2 aromatic rings. The highest BCUT2D eigenvalue weighted by molar-refractivity contribution is 7.41. The summed E-state index contributed by atoms with van der Waals surface area (Å²) < 4.78 is 15.7. The highest BCUT2D eigenvalue weighted by atomic mass is 31.0.